The van der Waals surface area contributed by atoms with Crippen LogP contribution in [0.2, 0.25) is 0 Å². The van der Waals surface area contributed by atoms with Gasteiger partial charge in [0.25, 0.3) is 5.91 Å². The Kier molecular flexibility index (Phi) is 6.47. The summed E-state index contributed by atoms with van der Waals surface area (Å²) in [7, 11) is 1.71. The predicted octanol–water partition coefficient (Wildman–Crippen LogP) is 3.37. The number of likely N-dealkylation sites (tertiary alicyclic amines) is 1. The summed E-state index contributed by atoms with van der Waals surface area (Å²) in [4.78, 5) is 17.2. The molecule has 2 aliphatic heterocycles. The van der Waals surface area contributed by atoms with E-state index in [-0.39, 0.29) is 12.0 Å². The lowest BCUT2D eigenvalue weighted by Gasteiger charge is -2.35. The first-order chi connectivity index (χ1) is 14.2. The highest BCUT2D eigenvalue weighted by Crippen LogP contribution is 2.22. The van der Waals surface area contributed by atoms with E-state index in [1.54, 1.807) is 7.11 Å². The topological polar surface area (TPSA) is 42.0 Å². The molecule has 0 saturated carbocycles. The number of amides is 1. The van der Waals surface area contributed by atoms with Crippen molar-refractivity contribution < 1.29 is 14.3 Å². The van der Waals surface area contributed by atoms with Crippen LogP contribution in [0.15, 0.2) is 48.5 Å². The highest BCUT2D eigenvalue weighted by Gasteiger charge is 2.25. The quantitative estimate of drug-likeness (QED) is 0.722. The van der Waals surface area contributed by atoms with Crippen molar-refractivity contribution in [3.63, 3.8) is 0 Å². The van der Waals surface area contributed by atoms with Crippen LogP contribution in [0.25, 0.3) is 0 Å². The Morgan fingerprint density at radius 1 is 1.00 bits per heavy atom. The molecule has 29 heavy (non-hydrogen) atoms. The molecule has 0 aliphatic carbocycles. The van der Waals surface area contributed by atoms with E-state index in [1.807, 2.05) is 35.2 Å². The minimum Gasteiger partial charge on any atom is -0.490 e. The van der Waals surface area contributed by atoms with Gasteiger partial charge < -0.3 is 19.3 Å². The highest BCUT2D eigenvalue weighted by atomic mass is 16.5. The molecular formula is C24H30N2O3. The van der Waals surface area contributed by atoms with E-state index in [2.05, 4.69) is 23.1 Å². The molecule has 0 aromatic heterocycles. The van der Waals surface area contributed by atoms with Crippen molar-refractivity contribution in [3.8, 4) is 5.75 Å². The molecule has 0 atom stereocenters. The number of carbonyl (C=O) groups excluding carboxylic acids is 1. The Morgan fingerprint density at radius 3 is 2.66 bits per heavy atom. The molecule has 5 nitrogen and oxygen atoms in total. The van der Waals surface area contributed by atoms with Gasteiger partial charge in [0.15, 0.2) is 0 Å². The molecule has 4 rings (SSSR count). The van der Waals surface area contributed by atoms with E-state index in [1.165, 1.54) is 5.56 Å². The summed E-state index contributed by atoms with van der Waals surface area (Å²) in [5.74, 6) is 1.11. The van der Waals surface area contributed by atoms with Crippen molar-refractivity contribution in [2.75, 3.05) is 39.8 Å². The van der Waals surface area contributed by atoms with E-state index in [0.29, 0.717) is 6.61 Å². The smallest absolute Gasteiger partial charge is 0.254 e. The summed E-state index contributed by atoms with van der Waals surface area (Å²) in [6, 6.07) is 16.2. The summed E-state index contributed by atoms with van der Waals surface area (Å²) in [6.07, 6.45) is 3.25. The maximum absolute atomic E-state index is 12.7. The van der Waals surface area contributed by atoms with Gasteiger partial charge in [0.1, 0.15) is 11.9 Å². The molecule has 0 spiro atoms. The molecule has 5 heteroatoms. The van der Waals surface area contributed by atoms with Gasteiger partial charge in [0.2, 0.25) is 0 Å². The second-order valence-electron chi connectivity index (χ2n) is 7.94. The zero-order chi connectivity index (χ0) is 20.1. The third kappa shape index (κ3) is 4.98. The van der Waals surface area contributed by atoms with Crippen LogP contribution in [0.5, 0.6) is 5.75 Å². The fraction of sp³-hybridized carbons (Fsp3) is 0.458. The Morgan fingerprint density at radius 2 is 1.83 bits per heavy atom. The van der Waals surface area contributed by atoms with Crippen molar-refractivity contribution >= 4 is 5.91 Å². The third-order valence-electron chi connectivity index (χ3n) is 5.92. The van der Waals surface area contributed by atoms with Crippen molar-refractivity contribution in [3.05, 3.63) is 65.2 Å². The van der Waals surface area contributed by atoms with E-state index < -0.39 is 0 Å². The van der Waals surface area contributed by atoms with Crippen molar-refractivity contribution in [1.82, 2.24) is 9.80 Å². The van der Waals surface area contributed by atoms with E-state index >= 15 is 0 Å². The number of piperidine rings is 1. The van der Waals surface area contributed by atoms with Gasteiger partial charge in [0.05, 0.1) is 6.61 Å². The average Bonchev–Trinajstić information content (AvgIpc) is 2.75. The van der Waals surface area contributed by atoms with Gasteiger partial charge in [-0.25, -0.2) is 0 Å². The van der Waals surface area contributed by atoms with Crippen molar-refractivity contribution in [1.29, 1.82) is 0 Å². The number of hydrogen-bond donors (Lipinski definition) is 0. The molecule has 0 unspecified atom stereocenters. The molecule has 2 aliphatic rings. The first-order valence-electron chi connectivity index (χ1n) is 10.6. The lowest BCUT2D eigenvalue weighted by molar-refractivity contribution is 0.0667. The monoisotopic (exact) mass is 394 g/mol. The molecule has 0 N–H and O–H groups in total. The molecule has 154 valence electrons. The molecule has 2 heterocycles. The van der Waals surface area contributed by atoms with E-state index in [4.69, 9.17) is 9.47 Å². The van der Waals surface area contributed by atoms with Crippen LogP contribution in [0.1, 0.15) is 34.3 Å². The summed E-state index contributed by atoms with van der Waals surface area (Å²) in [6.45, 7) is 5.20. The molecule has 2 aromatic rings. The number of hydrogen-bond acceptors (Lipinski definition) is 4. The van der Waals surface area contributed by atoms with Crippen LogP contribution in [0.4, 0.5) is 0 Å². The molecular weight excluding hydrogens is 364 g/mol. The number of carbonyl (C=O) groups is 1. The molecule has 0 radical (unpaired) electrons. The first kappa shape index (κ1) is 19.9. The maximum atomic E-state index is 12.7. The van der Waals surface area contributed by atoms with Gasteiger partial charge in [0, 0.05) is 45.4 Å². The van der Waals surface area contributed by atoms with Crippen LogP contribution >= 0.6 is 0 Å². The molecule has 1 saturated heterocycles. The average molecular weight is 395 g/mol. The number of benzene rings is 2. The zero-order valence-corrected chi connectivity index (χ0v) is 17.2. The van der Waals surface area contributed by atoms with Crippen LogP contribution in [-0.2, 0) is 17.8 Å². The summed E-state index contributed by atoms with van der Waals surface area (Å²) >= 11 is 0. The Balaban J connectivity index is 1.22. The van der Waals surface area contributed by atoms with Gasteiger partial charge in [-0.1, -0.05) is 30.3 Å². The van der Waals surface area contributed by atoms with Crippen molar-refractivity contribution in [2.45, 2.75) is 32.0 Å². The Bertz CT molecular complexity index is 830. The summed E-state index contributed by atoms with van der Waals surface area (Å²) in [5.41, 5.74) is 3.19. The minimum atomic E-state index is 0.181. The lowest BCUT2D eigenvalue weighted by atomic mass is 9.99. The van der Waals surface area contributed by atoms with Crippen LogP contribution < -0.4 is 4.74 Å². The third-order valence-corrected chi connectivity index (χ3v) is 5.92. The largest absolute Gasteiger partial charge is 0.490 e. The Hall–Kier alpha value is -2.37. The zero-order valence-electron chi connectivity index (χ0n) is 17.2. The number of nitrogens with zero attached hydrogens (tertiary/aromatic N) is 2. The molecule has 1 fully saturated rings. The maximum Gasteiger partial charge on any atom is 0.254 e. The number of fused-ring (bicyclic) bond motifs is 1. The Labute approximate surface area is 173 Å². The number of rotatable bonds is 7. The van der Waals surface area contributed by atoms with Crippen LogP contribution in [-0.4, -0.2) is 61.6 Å². The highest BCUT2D eigenvalue weighted by molar-refractivity contribution is 5.96. The van der Waals surface area contributed by atoms with E-state index in [0.717, 1.165) is 68.9 Å². The number of ether oxygens (including phenoxy) is 2. The fourth-order valence-electron chi connectivity index (χ4n) is 4.27. The molecule has 1 amide bonds. The number of methoxy groups -OCH3 is 1. The van der Waals surface area contributed by atoms with E-state index in [9.17, 15) is 4.79 Å². The van der Waals surface area contributed by atoms with Crippen LogP contribution in [0, 0.1) is 0 Å². The summed E-state index contributed by atoms with van der Waals surface area (Å²) < 4.78 is 11.4. The molecule has 0 bridgehead atoms. The van der Waals surface area contributed by atoms with Gasteiger partial charge in [-0.2, -0.15) is 0 Å². The van der Waals surface area contributed by atoms with Crippen LogP contribution in [0.3, 0.4) is 0 Å². The second-order valence-corrected chi connectivity index (χ2v) is 7.94. The standard InChI is InChI=1S/C24H30N2O3/c1-28-18-19-5-4-7-22(17-19)29-21-10-12-25(13-11-21)15-16-26-14-9-20-6-2-3-8-23(20)24(26)27/h2-8,17,21H,9-16,18H2,1H3. The van der Waals surface area contributed by atoms with Gasteiger partial charge in [-0.15, -0.1) is 0 Å². The lowest BCUT2D eigenvalue weighted by Crippen LogP contribution is -2.45. The normalized spacial score (nSPS) is 18.0. The predicted molar refractivity (Wildman–Crippen MR) is 113 cm³/mol. The van der Waals surface area contributed by atoms with Gasteiger partial charge >= 0.3 is 0 Å². The van der Waals surface area contributed by atoms with Crippen molar-refractivity contribution in [2.24, 2.45) is 0 Å². The SMILES string of the molecule is COCc1cccc(OC2CCN(CCN3CCc4ccccc4C3=O)CC2)c1. The summed E-state index contributed by atoms with van der Waals surface area (Å²) in [5, 5.41) is 0. The van der Waals surface area contributed by atoms with Gasteiger partial charge in [-0.3, -0.25) is 4.79 Å². The fourth-order valence-corrected chi connectivity index (χ4v) is 4.27. The second kappa shape index (κ2) is 9.42. The molecule has 2 aromatic carbocycles. The van der Waals surface area contributed by atoms with Gasteiger partial charge in [-0.05, 0) is 48.6 Å². The first-order valence-corrected chi connectivity index (χ1v) is 10.6. The minimum absolute atomic E-state index is 0.181.